The predicted octanol–water partition coefficient (Wildman–Crippen LogP) is 1.28. The standard InChI is InChI=1S/C12H18N2O/c1-15-11-4-2-10(3-5-11)8-14-9-12(13)6-7-12/h2-5,14H,6-9,13H2,1H3. The van der Waals surface area contributed by atoms with E-state index in [1.54, 1.807) is 7.11 Å². The Morgan fingerprint density at radius 3 is 2.53 bits per heavy atom. The van der Waals surface area contributed by atoms with Crippen LogP contribution < -0.4 is 15.8 Å². The van der Waals surface area contributed by atoms with E-state index in [4.69, 9.17) is 10.5 Å². The predicted molar refractivity (Wildman–Crippen MR) is 60.9 cm³/mol. The van der Waals surface area contributed by atoms with Crippen LogP contribution in [0.1, 0.15) is 18.4 Å². The van der Waals surface area contributed by atoms with Crippen molar-refractivity contribution in [2.24, 2.45) is 5.73 Å². The summed E-state index contributed by atoms with van der Waals surface area (Å²) in [5.74, 6) is 0.899. The van der Waals surface area contributed by atoms with E-state index in [1.807, 2.05) is 12.1 Å². The Morgan fingerprint density at radius 1 is 1.33 bits per heavy atom. The van der Waals surface area contributed by atoms with Crippen LogP contribution in [0.3, 0.4) is 0 Å². The van der Waals surface area contributed by atoms with Crippen molar-refractivity contribution in [2.45, 2.75) is 24.9 Å². The van der Waals surface area contributed by atoms with Crippen LogP contribution in [0.25, 0.3) is 0 Å². The monoisotopic (exact) mass is 206 g/mol. The van der Waals surface area contributed by atoms with E-state index in [9.17, 15) is 0 Å². The normalized spacial score (nSPS) is 17.5. The number of hydrogen-bond donors (Lipinski definition) is 2. The highest BCUT2D eigenvalue weighted by Gasteiger charge is 2.37. The van der Waals surface area contributed by atoms with E-state index >= 15 is 0 Å². The number of ether oxygens (including phenoxy) is 1. The van der Waals surface area contributed by atoms with E-state index in [1.165, 1.54) is 5.56 Å². The number of methoxy groups -OCH3 is 1. The highest BCUT2D eigenvalue weighted by molar-refractivity contribution is 5.27. The first-order valence-corrected chi connectivity index (χ1v) is 5.34. The smallest absolute Gasteiger partial charge is 0.118 e. The molecule has 15 heavy (non-hydrogen) atoms. The van der Waals surface area contributed by atoms with Gasteiger partial charge in [0.25, 0.3) is 0 Å². The Morgan fingerprint density at radius 2 is 2.00 bits per heavy atom. The fourth-order valence-electron chi connectivity index (χ4n) is 1.54. The second-order valence-electron chi connectivity index (χ2n) is 4.31. The van der Waals surface area contributed by atoms with E-state index < -0.39 is 0 Å². The second-order valence-corrected chi connectivity index (χ2v) is 4.31. The van der Waals surface area contributed by atoms with Gasteiger partial charge in [0.2, 0.25) is 0 Å². The van der Waals surface area contributed by atoms with Gasteiger partial charge in [-0.1, -0.05) is 12.1 Å². The van der Waals surface area contributed by atoms with Crippen LogP contribution in [-0.2, 0) is 6.54 Å². The second kappa shape index (κ2) is 4.21. The van der Waals surface area contributed by atoms with Gasteiger partial charge in [-0.25, -0.2) is 0 Å². The Kier molecular flexibility index (Phi) is 2.93. The van der Waals surface area contributed by atoms with Gasteiger partial charge in [-0.2, -0.15) is 0 Å². The molecule has 0 bridgehead atoms. The summed E-state index contributed by atoms with van der Waals surface area (Å²) >= 11 is 0. The minimum atomic E-state index is 0.0898. The molecule has 0 aliphatic heterocycles. The first kappa shape index (κ1) is 10.5. The van der Waals surface area contributed by atoms with Crippen molar-refractivity contribution >= 4 is 0 Å². The van der Waals surface area contributed by atoms with Crippen molar-refractivity contribution in [3.05, 3.63) is 29.8 Å². The molecule has 1 aromatic carbocycles. The van der Waals surface area contributed by atoms with Crippen molar-refractivity contribution in [3.8, 4) is 5.75 Å². The number of benzene rings is 1. The molecule has 0 heterocycles. The fraction of sp³-hybridized carbons (Fsp3) is 0.500. The molecule has 82 valence electrons. The van der Waals surface area contributed by atoms with Crippen LogP contribution >= 0.6 is 0 Å². The van der Waals surface area contributed by atoms with Crippen molar-refractivity contribution in [2.75, 3.05) is 13.7 Å². The first-order valence-electron chi connectivity index (χ1n) is 5.34. The minimum Gasteiger partial charge on any atom is -0.497 e. The highest BCUT2D eigenvalue weighted by Crippen LogP contribution is 2.31. The zero-order valence-electron chi connectivity index (χ0n) is 9.12. The average Bonchev–Trinajstić information content (AvgIpc) is 2.98. The molecular formula is C12H18N2O. The topological polar surface area (TPSA) is 47.3 Å². The molecule has 3 heteroatoms. The maximum absolute atomic E-state index is 5.97. The van der Waals surface area contributed by atoms with Gasteiger partial charge in [-0.05, 0) is 30.5 Å². The third kappa shape index (κ3) is 2.94. The zero-order chi connectivity index (χ0) is 10.7. The van der Waals surface area contributed by atoms with E-state index in [0.29, 0.717) is 0 Å². The molecular weight excluding hydrogens is 188 g/mol. The largest absolute Gasteiger partial charge is 0.497 e. The molecule has 1 aliphatic rings. The van der Waals surface area contributed by atoms with Crippen LogP contribution in [0.4, 0.5) is 0 Å². The zero-order valence-corrected chi connectivity index (χ0v) is 9.12. The molecule has 3 N–H and O–H groups in total. The molecule has 1 aliphatic carbocycles. The molecule has 3 nitrogen and oxygen atoms in total. The summed E-state index contributed by atoms with van der Waals surface area (Å²) in [6, 6.07) is 8.10. The molecule has 1 fully saturated rings. The van der Waals surface area contributed by atoms with Gasteiger partial charge in [0.1, 0.15) is 5.75 Å². The van der Waals surface area contributed by atoms with Crippen LogP contribution in [0.2, 0.25) is 0 Å². The first-order chi connectivity index (χ1) is 7.22. The summed E-state index contributed by atoms with van der Waals surface area (Å²) in [5.41, 5.74) is 7.33. The van der Waals surface area contributed by atoms with Crippen LogP contribution in [-0.4, -0.2) is 19.2 Å². The van der Waals surface area contributed by atoms with Crippen molar-refractivity contribution in [1.29, 1.82) is 0 Å². The lowest BCUT2D eigenvalue weighted by Gasteiger charge is -2.10. The summed E-state index contributed by atoms with van der Waals surface area (Å²) in [6.07, 6.45) is 2.31. The van der Waals surface area contributed by atoms with Gasteiger partial charge in [0.05, 0.1) is 7.11 Å². The number of hydrogen-bond acceptors (Lipinski definition) is 3. The third-order valence-electron chi connectivity index (χ3n) is 2.86. The molecule has 1 saturated carbocycles. The maximum atomic E-state index is 5.97. The van der Waals surface area contributed by atoms with Gasteiger partial charge in [0.15, 0.2) is 0 Å². The SMILES string of the molecule is COc1ccc(CNCC2(N)CC2)cc1. The lowest BCUT2D eigenvalue weighted by atomic mass is 10.2. The van der Waals surface area contributed by atoms with Crippen LogP contribution in [0, 0.1) is 0 Å². The van der Waals surface area contributed by atoms with Crippen LogP contribution in [0.15, 0.2) is 24.3 Å². The van der Waals surface area contributed by atoms with Crippen LogP contribution in [0.5, 0.6) is 5.75 Å². The quantitative estimate of drug-likeness (QED) is 0.763. The number of nitrogens with two attached hydrogens (primary N) is 1. The Labute approximate surface area is 90.6 Å². The number of nitrogens with one attached hydrogen (secondary N) is 1. The number of rotatable bonds is 5. The van der Waals surface area contributed by atoms with Crippen molar-refractivity contribution in [3.63, 3.8) is 0 Å². The lowest BCUT2D eigenvalue weighted by Crippen LogP contribution is -2.35. The summed E-state index contributed by atoms with van der Waals surface area (Å²) < 4.78 is 5.10. The minimum absolute atomic E-state index is 0.0898. The van der Waals surface area contributed by atoms with Gasteiger partial charge in [-0.15, -0.1) is 0 Å². The van der Waals surface area contributed by atoms with E-state index in [-0.39, 0.29) is 5.54 Å². The summed E-state index contributed by atoms with van der Waals surface area (Å²) in [7, 11) is 1.68. The van der Waals surface area contributed by atoms with Gasteiger partial charge in [0, 0.05) is 18.6 Å². The maximum Gasteiger partial charge on any atom is 0.118 e. The Hall–Kier alpha value is -1.06. The Bertz CT molecular complexity index is 317. The molecule has 0 unspecified atom stereocenters. The fourth-order valence-corrected chi connectivity index (χ4v) is 1.54. The van der Waals surface area contributed by atoms with E-state index in [2.05, 4.69) is 17.4 Å². The molecule has 1 aromatic rings. The van der Waals surface area contributed by atoms with E-state index in [0.717, 1.165) is 31.7 Å². The summed E-state index contributed by atoms with van der Waals surface area (Å²) in [6.45, 7) is 1.79. The van der Waals surface area contributed by atoms with Gasteiger partial charge >= 0.3 is 0 Å². The molecule has 0 amide bonds. The summed E-state index contributed by atoms with van der Waals surface area (Å²) in [4.78, 5) is 0. The van der Waals surface area contributed by atoms with Crippen molar-refractivity contribution < 1.29 is 4.74 Å². The molecule has 0 aromatic heterocycles. The average molecular weight is 206 g/mol. The Balaban J connectivity index is 1.77. The van der Waals surface area contributed by atoms with Gasteiger partial charge < -0.3 is 15.8 Å². The summed E-state index contributed by atoms with van der Waals surface area (Å²) in [5, 5.41) is 3.38. The molecule has 0 saturated heterocycles. The molecule has 0 atom stereocenters. The highest BCUT2D eigenvalue weighted by atomic mass is 16.5. The third-order valence-corrected chi connectivity index (χ3v) is 2.86. The molecule has 2 rings (SSSR count). The molecule has 0 radical (unpaired) electrons. The lowest BCUT2D eigenvalue weighted by molar-refractivity contribution is 0.414. The van der Waals surface area contributed by atoms with Crippen molar-refractivity contribution in [1.82, 2.24) is 5.32 Å². The van der Waals surface area contributed by atoms with Gasteiger partial charge in [-0.3, -0.25) is 0 Å². The molecule has 0 spiro atoms.